The van der Waals surface area contributed by atoms with Crippen molar-refractivity contribution in [2.24, 2.45) is 0 Å². The summed E-state index contributed by atoms with van der Waals surface area (Å²) in [7, 11) is 1.76. The number of rotatable bonds is 3. The van der Waals surface area contributed by atoms with Crippen LogP contribution >= 0.6 is 11.3 Å². The Morgan fingerprint density at radius 2 is 2.26 bits per heavy atom. The van der Waals surface area contributed by atoms with Crippen LogP contribution in [0.15, 0.2) is 29.8 Å². The zero-order valence-corrected chi connectivity index (χ0v) is 11.1. The molecule has 0 bridgehead atoms. The Bertz CT molecular complexity index is 598. The van der Waals surface area contributed by atoms with E-state index in [-0.39, 0.29) is 12.7 Å². The van der Waals surface area contributed by atoms with Crippen molar-refractivity contribution in [1.29, 1.82) is 0 Å². The smallest absolute Gasteiger partial charge is 0.254 e. The molecule has 0 aliphatic carbocycles. The standard InChI is InChI=1S/C13H12N2O3S/c1-15(7-12-14-4-5-19-12)13(16)9-2-3-10-11(6-9)18-8-17-10/h2-6H,7-8H2,1H3. The van der Waals surface area contributed by atoms with Crippen LogP contribution in [-0.2, 0) is 6.54 Å². The maximum atomic E-state index is 12.3. The van der Waals surface area contributed by atoms with Gasteiger partial charge in [-0.25, -0.2) is 4.98 Å². The van der Waals surface area contributed by atoms with Gasteiger partial charge in [0, 0.05) is 24.2 Å². The molecule has 3 rings (SSSR count). The molecular weight excluding hydrogens is 264 g/mol. The van der Waals surface area contributed by atoms with Crippen LogP contribution in [0, 0.1) is 0 Å². The van der Waals surface area contributed by atoms with Gasteiger partial charge in [0.2, 0.25) is 6.79 Å². The molecule has 2 aromatic rings. The van der Waals surface area contributed by atoms with Crippen LogP contribution in [0.5, 0.6) is 11.5 Å². The summed E-state index contributed by atoms with van der Waals surface area (Å²) in [6, 6.07) is 5.21. The third kappa shape index (κ3) is 2.39. The van der Waals surface area contributed by atoms with Crippen molar-refractivity contribution in [3.05, 3.63) is 40.3 Å². The van der Waals surface area contributed by atoms with Crippen molar-refractivity contribution >= 4 is 17.2 Å². The summed E-state index contributed by atoms with van der Waals surface area (Å²) in [4.78, 5) is 18.1. The summed E-state index contributed by atoms with van der Waals surface area (Å²) in [6.07, 6.45) is 1.74. The molecule has 0 radical (unpaired) electrons. The number of benzene rings is 1. The normalized spacial score (nSPS) is 12.5. The van der Waals surface area contributed by atoms with Gasteiger partial charge in [-0.15, -0.1) is 11.3 Å². The van der Waals surface area contributed by atoms with Gasteiger partial charge in [-0.1, -0.05) is 0 Å². The highest BCUT2D eigenvalue weighted by atomic mass is 32.1. The molecule has 6 heteroatoms. The van der Waals surface area contributed by atoms with Crippen LogP contribution in [0.3, 0.4) is 0 Å². The van der Waals surface area contributed by atoms with Crippen molar-refractivity contribution in [3.63, 3.8) is 0 Å². The van der Waals surface area contributed by atoms with Crippen molar-refractivity contribution in [1.82, 2.24) is 9.88 Å². The van der Waals surface area contributed by atoms with Crippen molar-refractivity contribution in [2.45, 2.75) is 6.54 Å². The number of fused-ring (bicyclic) bond motifs is 1. The first kappa shape index (κ1) is 12.0. The Kier molecular flexibility index (Phi) is 3.08. The van der Waals surface area contributed by atoms with Gasteiger partial charge in [-0.05, 0) is 18.2 Å². The number of ether oxygens (including phenoxy) is 2. The number of nitrogens with zero attached hydrogens (tertiary/aromatic N) is 2. The van der Waals surface area contributed by atoms with Crippen molar-refractivity contribution < 1.29 is 14.3 Å². The summed E-state index contributed by atoms with van der Waals surface area (Å²) in [5, 5.41) is 2.81. The van der Waals surface area contributed by atoms with Gasteiger partial charge in [0.25, 0.3) is 5.91 Å². The summed E-state index contributed by atoms with van der Waals surface area (Å²) in [5.74, 6) is 1.24. The van der Waals surface area contributed by atoms with E-state index >= 15 is 0 Å². The third-order valence-corrected chi connectivity index (χ3v) is 3.59. The summed E-state index contributed by atoms with van der Waals surface area (Å²) >= 11 is 1.53. The molecule has 0 unspecified atom stereocenters. The molecular formula is C13H12N2O3S. The number of hydrogen-bond acceptors (Lipinski definition) is 5. The highest BCUT2D eigenvalue weighted by Crippen LogP contribution is 2.32. The molecule has 0 saturated heterocycles. The summed E-state index contributed by atoms with van der Waals surface area (Å²) < 4.78 is 10.5. The molecule has 1 amide bonds. The molecule has 98 valence electrons. The minimum Gasteiger partial charge on any atom is -0.454 e. The number of thiazole rings is 1. The topological polar surface area (TPSA) is 51.7 Å². The van der Waals surface area contributed by atoms with Gasteiger partial charge in [0.15, 0.2) is 11.5 Å². The lowest BCUT2D eigenvalue weighted by Gasteiger charge is -2.15. The van der Waals surface area contributed by atoms with Crippen LogP contribution in [-0.4, -0.2) is 29.6 Å². The van der Waals surface area contributed by atoms with E-state index in [2.05, 4.69) is 4.98 Å². The molecule has 19 heavy (non-hydrogen) atoms. The van der Waals surface area contributed by atoms with E-state index in [4.69, 9.17) is 9.47 Å². The molecule has 1 aromatic heterocycles. The van der Waals surface area contributed by atoms with E-state index in [1.54, 1.807) is 36.3 Å². The average Bonchev–Trinajstić information content (AvgIpc) is 3.07. The van der Waals surface area contributed by atoms with E-state index < -0.39 is 0 Å². The van der Waals surface area contributed by atoms with Gasteiger partial charge in [0.05, 0.1) is 6.54 Å². The Morgan fingerprint density at radius 3 is 3.05 bits per heavy atom. The predicted octanol–water partition coefficient (Wildman–Crippen LogP) is 2.14. The Labute approximate surface area is 114 Å². The molecule has 2 heterocycles. The summed E-state index contributed by atoms with van der Waals surface area (Å²) in [5.41, 5.74) is 0.586. The molecule has 1 aliphatic heterocycles. The minimum absolute atomic E-state index is 0.0616. The Hall–Kier alpha value is -2.08. The van der Waals surface area contributed by atoms with Crippen LogP contribution in [0.4, 0.5) is 0 Å². The zero-order chi connectivity index (χ0) is 13.2. The number of hydrogen-bond donors (Lipinski definition) is 0. The zero-order valence-electron chi connectivity index (χ0n) is 10.3. The largest absolute Gasteiger partial charge is 0.454 e. The van der Waals surface area contributed by atoms with E-state index in [0.717, 1.165) is 5.01 Å². The fourth-order valence-corrected chi connectivity index (χ4v) is 2.52. The van der Waals surface area contributed by atoms with E-state index in [1.807, 2.05) is 5.38 Å². The highest BCUT2D eigenvalue weighted by molar-refractivity contribution is 7.09. The molecule has 0 atom stereocenters. The van der Waals surface area contributed by atoms with Crippen LogP contribution in [0.2, 0.25) is 0 Å². The monoisotopic (exact) mass is 276 g/mol. The fourth-order valence-electron chi connectivity index (χ4n) is 1.86. The number of carbonyl (C=O) groups excluding carboxylic acids is 1. The fraction of sp³-hybridized carbons (Fsp3) is 0.231. The summed E-state index contributed by atoms with van der Waals surface area (Å²) in [6.45, 7) is 0.715. The lowest BCUT2D eigenvalue weighted by Crippen LogP contribution is -2.26. The average molecular weight is 276 g/mol. The lowest BCUT2D eigenvalue weighted by molar-refractivity contribution is 0.0784. The first-order valence-corrected chi connectivity index (χ1v) is 6.65. The van der Waals surface area contributed by atoms with Crippen molar-refractivity contribution in [3.8, 4) is 11.5 Å². The van der Waals surface area contributed by atoms with Crippen LogP contribution in [0.25, 0.3) is 0 Å². The molecule has 1 aliphatic rings. The van der Waals surface area contributed by atoms with Crippen molar-refractivity contribution in [2.75, 3.05) is 13.8 Å². The van der Waals surface area contributed by atoms with Gasteiger partial charge in [0.1, 0.15) is 5.01 Å². The second-order valence-electron chi connectivity index (χ2n) is 4.16. The maximum Gasteiger partial charge on any atom is 0.254 e. The molecule has 0 saturated carbocycles. The van der Waals surface area contributed by atoms with Crippen LogP contribution in [0.1, 0.15) is 15.4 Å². The quantitative estimate of drug-likeness (QED) is 0.862. The number of amides is 1. The Balaban J connectivity index is 1.76. The first-order chi connectivity index (χ1) is 9.24. The second kappa shape index (κ2) is 4.89. The third-order valence-electron chi connectivity index (χ3n) is 2.82. The van der Waals surface area contributed by atoms with Gasteiger partial charge in [-0.3, -0.25) is 4.79 Å². The van der Waals surface area contributed by atoms with Crippen LogP contribution < -0.4 is 9.47 Å². The first-order valence-electron chi connectivity index (χ1n) is 5.77. The molecule has 0 spiro atoms. The SMILES string of the molecule is CN(Cc1nccs1)C(=O)c1ccc2c(c1)OCO2. The minimum atomic E-state index is -0.0616. The van der Waals surface area contributed by atoms with E-state index in [0.29, 0.717) is 23.6 Å². The molecule has 0 fully saturated rings. The van der Waals surface area contributed by atoms with E-state index in [9.17, 15) is 4.79 Å². The maximum absolute atomic E-state index is 12.3. The second-order valence-corrected chi connectivity index (χ2v) is 5.13. The van der Waals surface area contributed by atoms with Gasteiger partial charge < -0.3 is 14.4 Å². The number of aromatic nitrogens is 1. The number of carbonyl (C=O) groups is 1. The highest BCUT2D eigenvalue weighted by Gasteiger charge is 2.18. The molecule has 5 nitrogen and oxygen atoms in total. The molecule has 0 N–H and O–H groups in total. The van der Waals surface area contributed by atoms with Gasteiger partial charge in [-0.2, -0.15) is 0 Å². The molecule has 1 aromatic carbocycles. The lowest BCUT2D eigenvalue weighted by atomic mass is 10.2. The predicted molar refractivity (Wildman–Crippen MR) is 70.5 cm³/mol. The van der Waals surface area contributed by atoms with Gasteiger partial charge >= 0.3 is 0 Å². The Morgan fingerprint density at radius 1 is 1.42 bits per heavy atom. The van der Waals surface area contributed by atoms with E-state index in [1.165, 1.54) is 11.3 Å².